The van der Waals surface area contributed by atoms with Crippen molar-refractivity contribution in [2.75, 3.05) is 13.6 Å². The van der Waals surface area contributed by atoms with Gasteiger partial charge in [-0.15, -0.1) is 0 Å². The fraction of sp³-hybridized carbons (Fsp3) is 0.455. The third kappa shape index (κ3) is 3.44. The Balaban J connectivity index is 2.56. The lowest BCUT2D eigenvalue weighted by Crippen LogP contribution is -2.32. The molecule has 2 nitrogen and oxygen atoms in total. The van der Waals surface area contributed by atoms with E-state index in [1.54, 1.807) is 12.1 Å². The molecule has 0 amide bonds. The Morgan fingerprint density at radius 3 is 2.64 bits per heavy atom. The van der Waals surface area contributed by atoms with Crippen LogP contribution in [0.25, 0.3) is 0 Å². The Hall–Kier alpha value is -0.930. The van der Waals surface area contributed by atoms with E-state index < -0.39 is 0 Å². The first-order chi connectivity index (χ1) is 6.59. The molecular formula is C11H17FN2. The fourth-order valence-corrected chi connectivity index (χ4v) is 1.47. The molecule has 3 heteroatoms. The van der Waals surface area contributed by atoms with Gasteiger partial charge in [0.2, 0.25) is 0 Å². The van der Waals surface area contributed by atoms with Crippen LogP contribution in [-0.4, -0.2) is 24.5 Å². The minimum absolute atomic E-state index is 0.117. The van der Waals surface area contributed by atoms with Crippen LogP contribution in [0.1, 0.15) is 12.5 Å². The van der Waals surface area contributed by atoms with Crippen molar-refractivity contribution < 1.29 is 4.39 Å². The van der Waals surface area contributed by atoms with Gasteiger partial charge >= 0.3 is 0 Å². The van der Waals surface area contributed by atoms with E-state index in [1.165, 1.54) is 6.07 Å². The second kappa shape index (κ2) is 5.08. The zero-order valence-electron chi connectivity index (χ0n) is 8.70. The molecule has 0 heterocycles. The third-order valence-corrected chi connectivity index (χ3v) is 2.00. The van der Waals surface area contributed by atoms with Gasteiger partial charge in [-0.1, -0.05) is 18.2 Å². The van der Waals surface area contributed by atoms with E-state index in [9.17, 15) is 4.39 Å². The van der Waals surface area contributed by atoms with E-state index in [0.29, 0.717) is 6.54 Å². The van der Waals surface area contributed by atoms with Crippen LogP contribution < -0.4 is 5.73 Å². The van der Waals surface area contributed by atoms with Crippen LogP contribution in [0.5, 0.6) is 0 Å². The lowest BCUT2D eigenvalue weighted by molar-refractivity contribution is 0.305. The standard InChI is InChI=1S/C11H17FN2/c1-9(13)7-14(2)8-10-5-3-4-6-11(10)12/h3-6,9H,7-8,13H2,1-2H3/t9-/m1/s1. The first-order valence-electron chi connectivity index (χ1n) is 4.77. The van der Waals surface area contributed by atoms with Crippen LogP contribution in [0.2, 0.25) is 0 Å². The van der Waals surface area contributed by atoms with Crippen molar-refractivity contribution in [1.29, 1.82) is 0 Å². The molecule has 0 aliphatic heterocycles. The van der Waals surface area contributed by atoms with Gasteiger partial charge in [-0.25, -0.2) is 4.39 Å². The first-order valence-corrected chi connectivity index (χ1v) is 4.77. The Bertz CT molecular complexity index is 286. The molecule has 0 fully saturated rings. The number of hydrogen-bond donors (Lipinski definition) is 1. The van der Waals surface area contributed by atoms with Crippen molar-refractivity contribution in [2.45, 2.75) is 19.5 Å². The third-order valence-electron chi connectivity index (χ3n) is 2.00. The van der Waals surface area contributed by atoms with Gasteiger partial charge in [-0.05, 0) is 20.0 Å². The van der Waals surface area contributed by atoms with Gasteiger partial charge in [0.05, 0.1) is 0 Å². The quantitative estimate of drug-likeness (QED) is 0.792. The summed E-state index contributed by atoms with van der Waals surface area (Å²) in [6.45, 7) is 3.32. The summed E-state index contributed by atoms with van der Waals surface area (Å²) >= 11 is 0. The molecule has 1 aromatic rings. The maximum atomic E-state index is 13.2. The largest absolute Gasteiger partial charge is 0.327 e. The van der Waals surface area contributed by atoms with Crippen molar-refractivity contribution in [1.82, 2.24) is 4.90 Å². The monoisotopic (exact) mass is 196 g/mol. The van der Waals surface area contributed by atoms with Crippen LogP contribution in [0.4, 0.5) is 4.39 Å². The molecule has 0 saturated heterocycles. The molecule has 0 bridgehead atoms. The number of rotatable bonds is 4. The van der Waals surface area contributed by atoms with Gasteiger partial charge in [0, 0.05) is 24.7 Å². The highest BCUT2D eigenvalue weighted by atomic mass is 19.1. The van der Waals surface area contributed by atoms with Gasteiger partial charge in [0.25, 0.3) is 0 Å². The predicted molar refractivity (Wildman–Crippen MR) is 56.4 cm³/mol. The fourth-order valence-electron chi connectivity index (χ4n) is 1.47. The minimum atomic E-state index is -0.149. The van der Waals surface area contributed by atoms with Crippen molar-refractivity contribution in [3.63, 3.8) is 0 Å². The van der Waals surface area contributed by atoms with E-state index in [1.807, 2.05) is 24.9 Å². The van der Waals surface area contributed by atoms with Crippen molar-refractivity contribution in [2.24, 2.45) is 5.73 Å². The Kier molecular flexibility index (Phi) is 4.04. The molecule has 2 N–H and O–H groups in total. The van der Waals surface area contributed by atoms with E-state index >= 15 is 0 Å². The average molecular weight is 196 g/mol. The lowest BCUT2D eigenvalue weighted by Gasteiger charge is -2.18. The molecule has 0 aliphatic carbocycles. The molecule has 0 radical (unpaired) electrons. The second-order valence-corrected chi connectivity index (χ2v) is 3.77. The van der Waals surface area contributed by atoms with Crippen LogP contribution in [-0.2, 0) is 6.54 Å². The van der Waals surface area contributed by atoms with Gasteiger partial charge in [0.1, 0.15) is 5.82 Å². The summed E-state index contributed by atoms with van der Waals surface area (Å²) in [5, 5.41) is 0. The summed E-state index contributed by atoms with van der Waals surface area (Å²) in [5.74, 6) is -0.149. The summed E-state index contributed by atoms with van der Waals surface area (Å²) in [6.07, 6.45) is 0. The summed E-state index contributed by atoms with van der Waals surface area (Å²) in [5.41, 5.74) is 6.37. The van der Waals surface area contributed by atoms with Gasteiger partial charge in [-0.2, -0.15) is 0 Å². The molecular weight excluding hydrogens is 179 g/mol. The van der Waals surface area contributed by atoms with Gasteiger partial charge < -0.3 is 10.6 Å². The molecule has 1 aromatic carbocycles. The first kappa shape index (κ1) is 11.1. The molecule has 78 valence electrons. The maximum Gasteiger partial charge on any atom is 0.127 e. The maximum absolute atomic E-state index is 13.2. The minimum Gasteiger partial charge on any atom is -0.327 e. The van der Waals surface area contributed by atoms with Gasteiger partial charge in [0.15, 0.2) is 0 Å². The van der Waals surface area contributed by atoms with Crippen molar-refractivity contribution in [3.8, 4) is 0 Å². The summed E-state index contributed by atoms with van der Waals surface area (Å²) < 4.78 is 13.2. The molecule has 1 rings (SSSR count). The highest BCUT2D eigenvalue weighted by Gasteiger charge is 2.05. The van der Waals surface area contributed by atoms with Gasteiger partial charge in [-0.3, -0.25) is 0 Å². The zero-order valence-corrected chi connectivity index (χ0v) is 8.70. The topological polar surface area (TPSA) is 29.3 Å². The Labute approximate surface area is 84.5 Å². The number of hydrogen-bond acceptors (Lipinski definition) is 2. The molecule has 0 unspecified atom stereocenters. The Morgan fingerprint density at radius 2 is 2.07 bits per heavy atom. The molecule has 0 aliphatic rings. The molecule has 1 atom stereocenters. The number of benzene rings is 1. The van der Waals surface area contributed by atoms with Crippen molar-refractivity contribution >= 4 is 0 Å². The highest BCUT2D eigenvalue weighted by molar-refractivity contribution is 5.16. The van der Waals surface area contributed by atoms with E-state index in [4.69, 9.17) is 5.73 Å². The highest BCUT2D eigenvalue weighted by Crippen LogP contribution is 2.08. The second-order valence-electron chi connectivity index (χ2n) is 3.77. The smallest absolute Gasteiger partial charge is 0.127 e. The number of nitrogens with two attached hydrogens (primary N) is 1. The summed E-state index contributed by atoms with van der Waals surface area (Å²) in [6, 6.07) is 6.94. The number of likely N-dealkylation sites (N-methyl/N-ethyl adjacent to an activating group) is 1. The van der Waals surface area contributed by atoms with E-state index in [0.717, 1.165) is 12.1 Å². The van der Waals surface area contributed by atoms with Crippen LogP contribution in [0, 0.1) is 5.82 Å². The zero-order chi connectivity index (χ0) is 10.6. The van der Waals surface area contributed by atoms with E-state index in [-0.39, 0.29) is 11.9 Å². The average Bonchev–Trinajstić information content (AvgIpc) is 2.07. The molecule has 0 saturated carbocycles. The number of nitrogens with zero attached hydrogens (tertiary/aromatic N) is 1. The normalized spacial score (nSPS) is 13.2. The SMILES string of the molecule is C[C@@H](N)CN(C)Cc1ccccc1F. The van der Waals surface area contributed by atoms with Crippen LogP contribution in [0.15, 0.2) is 24.3 Å². The molecule has 14 heavy (non-hydrogen) atoms. The molecule has 0 aromatic heterocycles. The predicted octanol–water partition coefficient (Wildman–Crippen LogP) is 1.60. The summed E-state index contributed by atoms with van der Waals surface area (Å²) in [4.78, 5) is 2.02. The van der Waals surface area contributed by atoms with Crippen LogP contribution >= 0.6 is 0 Å². The molecule has 0 spiro atoms. The Morgan fingerprint density at radius 1 is 1.43 bits per heavy atom. The van der Waals surface area contributed by atoms with Crippen LogP contribution in [0.3, 0.4) is 0 Å². The lowest BCUT2D eigenvalue weighted by atomic mass is 10.2. The summed E-state index contributed by atoms with van der Waals surface area (Å²) in [7, 11) is 1.94. The van der Waals surface area contributed by atoms with E-state index in [2.05, 4.69) is 0 Å². The number of halogens is 1. The van der Waals surface area contributed by atoms with Crippen molar-refractivity contribution in [3.05, 3.63) is 35.6 Å².